The predicted molar refractivity (Wildman–Crippen MR) is 150 cm³/mol. The van der Waals surface area contributed by atoms with Gasteiger partial charge in [0.1, 0.15) is 0 Å². The van der Waals surface area contributed by atoms with Crippen molar-refractivity contribution < 1.29 is 26.7 Å². The van der Waals surface area contributed by atoms with Gasteiger partial charge in [-0.05, 0) is 46.0 Å². The van der Waals surface area contributed by atoms with E-state index >= 15 is 0 Å². The zero-order valence-electron chi connectivity index (χ0n) is 23.3. The van der Waals surface area contributed by atoms with E-state index in [1.165, 1.54) is 70.6 Å². The van der Waals surface area contributed by atoms with Crippen LogP contribution in [0.3, 0.4) is 0 Å². The summed E-state index contributed by atoms with van der Waals surface area (Å²) in [6.07, 6.45) is 21.2. The second-order valence-corrected chi connectivity index (χ2v) is 9.56. The van der Waals surface area contributed by atoms with Crippen molar-refractivity contribution in [1.29, 1.82) is 0 Å². The Kier molecular flexibility index (Phi) is 37.2. The molecule has 0 rings (SSSR count). The molecule has 0 fully saturated rings. The number of hydrogen-bond donors (Lipinski definition) is 4. The molecule has 0 saturated carbocycles. The Labute approximate surface area is 222 Å². The summed E-state index contributed by atoms with van der Waals surface area (Å²) in [6.45, 7) is 8.78. The third kappa shape index (κ3) is 43.1. The molecule has 0 aromatic heterocycles. The van der Waals surface area contributed by atoms with Gasteiger partial charge in [-0.2, -0.15) is 8.42 Å². The van der Waals surface area contributed by atoms with E-state index in [2.05, 4.69) is 32.8 Å². The van der Waals surface area contributed by atoms with E-state index < -0.39 is 16.4 Å². The summed E-state index contributed by atoms with van der Waals surface area (Å²) in [7, 11) is -3.68. The Bertz CT molecular complexity index is 544. The summed E-state index contributed by atoms with van der Waals surface area (Å²) in [5.41, 5.74) is 10.3. The van der Waals surface area contributed by atoms with E-state index in [4.69, 9.17) is 16.6 Å². The molecule has 0 saturated heterocycles. The highest BCUT2D eigenvalue weighted by Gasteiger charge is 2.07. The number of nitrogens with two attached hydrogens (primary N) is 2. The number of carbonyl (C=O) groups is 1. The van der Waals surface area contributed by atoms with Crippen LogP contribution in [-0.4, -0.2) is 58.9 Å². The molecule has 0 bridgehead atoms. The van der Waals surface area contributed by atoms with Gasteiger partial charge < -0.3 is 21.9 Å². The zero-order chi connectivity index (χ0) is 27.8. The highest BCUT2D eigenvalue weighted by Crippen LogP contribution is 2.09. The van der Waals surface area contributed by atoms with Crippen molar-refractivity contribution >= 4 is 16.4 Å². The van der Waals surface area contributed by atoms with E-state index in [-0.39, 0.29) is 13.2 Å². The summed E-state index contributed by atoms with van der Waals surface area (Å²) < 4.78 is 29.2. The standard InChI is InChI=1S/C18H34O2.C4H13N3.C4H10O4S/c1-2-3-4-5-6-7-8-9-10-11-12-13-14-15-16-17-18(19)20;5-1-3-7-4-2-6;1-3-7-9(5,6)8-4-2/h9-10H,2-8,11-17H2,1H3,(H,19,20);7H,1-6H2;3-4H2,1-2H3/b10-9+;;. The molecule has 10 heteroatoms. The SMILES string of the molecule is CCCCCCCC/C=C/CCCCCCCC(=O)O.CCOS(=O)(=O)OCC.NCCNCCN. The Balaban J connectivity index is -0.000000558. The Morgan fingerprint density at radius 2 is 1.17 bits per heavy atom. The first-order chi connectivity index (χ1) is 17.3. The van der Waals surface area contributed by atoms with Gasteiger partial charge in [-0.3, -0.25) is 4.79 Å². The number of rotatable bonds is 23. The monoisotopic (exact) mass is 539 g/mol. The predicted octanol–water partition coefficient (Wildman–Crippen LogP) is 4.91. The first kappa shape index (κ1) is 39.5. The quantitative estimate of drug-likeness (QED) is 0.105. The molecule has 0 aliphatic heterocycles. The molecule has 0 aliphatic carbocycles. The first-order valence-electron chi connectivity index (χ1n) is 13.8. The lowest BCUT2D eigenvalue weighted by Crippen LogP contribution is -2.27. The van der Waals surface area contributed by atoms with E-state index in [0.29, 0.717) is 19.5 Å². The van der Waals surface area contributed by atoms with Crippen LogP contribution in [0.1, 0.15) is 111 Å². The Morgan fingerprint density at radius 3 is 1.56 bits per heavy atom. The molecule has 9 nitrogen and oxygen atoms in total. The van der Waals surface area contributed by atoms with Crippen LogP contribution < -0.4 is 16.8 Å². The lowest BCUT2D eigenvalue weighted by Gasteiger charge is -1.99. The maximum atomic E-state index is 10.4. The Morgan fingerprint density at radius 1 is 0.750 bits per heavy atom. The first-order valence-corrected chi connectivity index (χ1v) is 15.2. The topological polar surface area (TPSA) is 154 Å². The van der Waals surface area contributed by atoms with E-state index in [0.717, 1.165) is 25.9 Å². The highest BCUT2D eigenvalue weighted by molar-refractivity contribution is 7.81. The minimum Gasteiger partial charge on any atom is -0.481 e. The van der Waals surface area contributed by atoms with E-state index in [1.54, 1.807) is 13.8 Å². The summed E-state index contributed by atoms with van der Waals surface area (Å²) in [6, 6.07) is 0. The van der Waals surface area contributed by atoms with Gasteiger partial charge in [0.15, 0.2) is 0 Å². The van der Waals surface area contributed by atoms with Crippen molar-refractivity contribution in [2.24, 2.45) is 11.5 Å². The van der Waals surface area contributed by atoms with Crippen LogP contribution in [0, 0.1) is 0 Å². The number of hydrogen-bond acceptors (Lipinski definition) is 8. The van der Waals surface area contributed by atoms with Crippen LogP contribution in [0.4, 0.5) is 0 Å². The van der Waals surface area contributed by atoms with Crippen LogP contribution in [0.25, 0.3) is 0 Å². The fourth-order valence-corrected chi connectivity index (χ4v) is 3.64. The molecule has 0 heterocycles. The van der Waals surface area contributed by atoms with Gasteiger partial charge >= 0.3 is 16.4 Å². The molecule has 36 heavy (non-hydrogen) atoms. The minimum atomic E-state index is -3.68. The largest absolute Gasteiger partial charge is 0.481 e. The van der Waals surface area contributed by atoms with Crippen molar-refractivity contribution in [2.45, 2.75) is 111 Å². The number of unbranched alkanes of at least 4 members (excludes halogenated alkanes) is 11. The van der Waals surface area contributed by atoms with Crippen LogP contribution in [0.15, 0.2) is 12.2 Å². The van der Waals surface area contributed by atoms with Gasteiger partial charge in [-0.1, -0.05) is 70.4 Å². The molecule has 0 spiro atoms. The number of carboxylic acid groups (broad SMARTS) is 1. The molecule has 0 unspecified atom stereocenters. The zero-order valence-corrected chi connectivity index (χ0v) is 24.2. The normalized spacial score (nSPS) is 11.0. The Hall–Kier alpha value is -1.04. The molecular formula is C26H57N3O6S. The van der Waals surface area contributed by atoms with Crippen molar-refractivity contribution in [2.75, 3.05) is 39.4 Å². The molecule has 0 aromatic carbocycles. The average molecular weight is 540 g/mol. The summed E-state index contributed by atoms with van der Waals surface area (Å²) >= 11 is 0. The molecule has 0 atom stereocenters. The molecular weight excluding hydrogens is 482 g/mol. The van der Waals surface area contributed by atoms with Crippen molar-refractivity contribution in [3.63, 3.8) is 0 Å². The van der Waals surface area contributed by atoms with Crippen molar-refractivity contribution in [1.82, 2.24) is 5.32 Å². The minimum absolute atomic E-state index is 0.113. The maximum absolute atomic E-state index is 10.4. The third-order valence-electron chi connectivity index (χ3n) is 4.82. The fraction of sp³-hybridized carbons (Fsp3) is 0.885. The van der Waals surface area contributed by atoms with Crippen LogP contribution in [0.2, 0.25) is 0 Å². The number of carboxylic acids is 1. The van der Waals surface area contributed by atoms with Gasteiger partial charge in [0.25, 0.3) is 0 Å². The number of nitrogens with one attached hydrogen (secondary N) is 1. The average Bonchev–Trinajstić information content (AvgIpc) is 2.82. The third-order valence-corrected chi connectivity index (χ3v) is 5.87. The smallest absolute Gasteiger partial charge is 0.399 e. The molecule has 0 radical (unpaired) electrons. The van der Waals surface area contributed by atoms with Crippen molar-refractivity contribution in [3.8, 4) is 0 Å². The number of allylic oxidation sites excluding steroid dienone is 2. The van der Waals surface area contributed by atoms with Gasteiger partial charge in [0, 0.05) is 32.6 Å². The van der Waals surface area contributed by atoms with Crippen LogP contribution >= 0.6 is 0 Å². The molecule has 0 aromatic rings. The summed E-state index contributed by atoms with van der Waals surface area (Å²) in [5.74, 6) is -0.664. The summed E-state index contributed by atoms with van der Waals surface area (Å²) in [5, 5.41) is 11.5. The molecule has 218 valence electrons. The van der Waals surface area contributed by atoms with Crippen LogP contribution in [-0.2, 0) is 23.6 Å². The van der Waals surface area contributed by atoms with E-state index in [9.17, 15) is 13.2 Å². The lowest BCUT2D eigenvalue weighted by molar-refractivity contribution is -0.137. The van der Waals surface area contributed by atoms with Gasteiger partial charge in [0.05, 0.1) is 13.2 Å². The van der Waals surface area contributed by atoms with Gasteiger partial charge in [-0.15, -0.1) is 0 Å². The lowest BCUT2D eigenvalue weighted by atomic mass is 10.1. The molecule has 0 amide bonds. The van der Waals surface area contributed by atoms with E-state index in [1.807, 2.05) is 0 Å². The van der Waals surface area contributed by atoms with Crippen molar-refractivity contribution in [3.05, 3.63) is 12.2 Å². The maximum Gasteiger partial charge on any atom is 0.399 e. The summed E-state index contributed by atoms with van der Waals surface area (Å²) in [4.78, 5) is 10.3. The number of aliphatic carboxylic acids is 1. The highest BCUT2D eigenvalue weighted by atomic mass is 32.3. The fourth-order valence-electron chi connectivity index (χ4n) is 3.00. The second kappa shape index (κ2) is 34.0. The van der Waals surface area contributed by atoms with Gasteiger partial charge in [-0.25, -0.2) is 8.37 Å². The molecule has 6 N–H and O–H groups in total. The van der Waals surface area contributed by atoms with Crippen LogP contribution in [0.5, 0.6) is 0 Å². The van der Waals surface area contributed by atoms with Gasteiger partial charge in [0.2, 0.25) is 0 Å². The molecule has 0 aliphatic rings. The second-order valence-electron chi connectivity index (χ2n) is 8.28.